The quantitative estimate of drug-likeness (QED) is 0.674. The molecule has 0 radical (unpaired) electrons. The van der Waals surface area contributed by atoms with E-state index in [9.17, 15) is 14.0 Å². The van der Waals surface area contributed by atoms with E-state index < -0.39 is 23.7 Å². The molecule has 2 amide bonds. The third kappa shape index (κ3) is 3.05. The summed E-state index contributed by atoms with van der Waals surface area (Å²) in [6.07, 6.45) is 0.522. The van der Waals surface area contributed by atoms with Crippen molar-refractivity contribution < 1.29 is 18.8 Å². The Morgan fingerprint density at radius 3 is 2.32 bits per heavy atom. The lowest BCUT2D eigenvalue weighted by Gasteiger charge is -2.28. The smallest absolute Gasteiger partial charge is 0.266 e. The molecule has 0 spiro atoms. The van der Waals surface area contributed by atoms with Crippen LogP contribution in [0.3, 0.4) is 0 Å². The number of hydrogen-bond donors (Lipinski definition) is 0. The first-order valence-electron chi connectivity index (χ1n) is 8.96. The second-order valence-corrected chi connectivity index (χ2v) is 7.63. The largest absolute Gasteiger partial charge is 0.273 e. The van der Waals surface area contributed by atoms with E-state index >= 15 is 0 Å². The molecule has 2 aromatic carbocycles. The zero-order valence-corrected chi connectivity index (χ0v) is 16.5. The summed E-state index contributed by atoms with van der Waals surface area (Å²) in [6.45, 7) is 2.00. The van der Waals surface area contributed by atoms with Gasteiger partial charge in [0.05, 0.1) is 33.4 Å². The molecule has 0 N–H and O–H groups in total. The van der Waals surface area contributed by atoms with Crippen LogP contribution < -0.4 is 9.96 Å². The van der Waals surface area contributed by atoms with Crippen LogP contribution in [-0.2, 0) is 14.4 Å². The Kier molecular flexibility index (Phi) is 5.04. The molecule has 0 saturated carbocycles. The first-order chi connectivity index (χ1) is 13.4. The first-order valence-corrected chi connectivity index (χ1v) is 9.72. The van der Waals surface area contributed by atoms with E-state index in [0.29, 0.717) is 27.8 Å². The SMILES string of the molecule is CCCC1C2C(=O)N(c3ccc(F)cc3)C(=O)C2ON1c1ccc(Cl)c(Cl)c1. The van der Waals surface area contributed by atoms with Crippen molar-refractivity contribution in [3.63, 3.8) is 0 Å². The Labute approximate surface area is 171 Å². The predicted octanol–water partition coefficient (Wildman–Crippen LogP) is 4.61. The highest BCUT2D eigenvalue weighted by atomic mass is 35.5. The fraction of sp³-hybridized carbons (Fsp3) is 0.300. The molecule has 2 aliphatic rings. The van der Waals surface area contributed by atoms with Gasteiger partial charge in [-0.15, -0.1) is 0 Å². The molecule has 4 rings (SSSR count). The number of anilines is 2. The minimum Gasteiger partial charge on any atom is -0.273 e. The van der Waals surface area contributed by atoms with Crippen LogP contribution in [0.1, 0.15) is 19.8 Å². The summed E-state index contributed by atoms with van der Waals surface area (Å²) in [5, 5.41) is 2.37. The molecule has 2 saturated heterocycles. The number of carbonyl (C=O) groups excluding carboxylic acids is 2. The van der Waals surface area contributed by atoms with Gasteiger partial charge in [-0.1, -0.05) is 36.5 Å². The fourth-order valence-corrected chi connectivity index (χ4v) is 4.10. The van der Waals surface area contributed by atoms with Gasteiger partial charge in [-0.3, -0.25) is 14.4 Å². The van der Waals surface area contributed by atoms with Gasteiger partial charge in [0.1, 0.15) is 5.82 Å². The monoisotopic (exact) mass is 422 g/mol. The number of rotatable bonds is 4. The van der Waals surface area contributed by atoms with E-state index in [4.69, 9.17) is 28.0 Å². The maximum atomic E-state index is 13.2. The number of hydrogen-bond acceptors (Lipinski definition) is 4. The molecular weight excluding hydrogens is 406 g/mol. The van der Waals surface area contributed by atoms with Gasteiger partial charge >= 0.3 is 0 Å². The Balaban J connectivity index is 1.68. The number of halogens is 3. The molecule has 2 fully saturated rings. The summed E-state index contributed by atoms with van der Waals surface area (Å²) in [4.78, 5) is 33.1. The van der Waals surface area contributed by atoms with Crippen molar-refractivity contribution in [3.05, 3.63) is 58.3 Å². The summed E-state index contributed by atoms with van der Waals surface area (Å²) >= 11 is 12.1. The maximum absolute atomic E-state index is 13.2. The second kappa shape index (κ2) is 7.35. The van der Waals surface area contributed by atoms with E-state index in [-0.39, 0.29) is 11.9 Å². The van der Waals surface area contributed by atoms with Crippen LogP contribution in [0.4, 0.5) is 15.8 Å². The predicted molar refractivity (Wildman–Crippen MR) is 105 cm³/mol. The summed E-state index contributed by atoms with van der Waals surface area (Å²) in [7, 11) is 0. The van der Waals surface area contributed by atoms with Crippen molar-refractivity contribution in [3.8, 4) is 0 Å². The molecule has 2 aliphatic heterocycles. The number of hydroxylamine groups is 1. The molecule has 3 unspecified atom stereocenters. The lowest BCUT2D eigenvalue weighted by Crippen LogP contribution is -2.40. The van der Waals surface area contributed by atoms with Crippen LogP contribution in [0, 0.1) is 11.7 Å². The Bertz CT molecular complexity index is 938. The van der Waals surface area contributed by atoms with Crippen LogP contribution in [0.2, 0.25) is 10.0 Å². The highest BCUT2D eigenvalue weighted by Gasteiger charge is 2.59. The maximum Gasteiger partial charge on any atom is 0.266 e. The lowest BCUT2D eigenvalue weighted by molar-refractivity contribution is -0.126. The van der Waals surface area contributed by atoms with Crippen molar-refractivity contribution in [1.29, 1.82) is 0 Å². The van der Waals surface area contributed by atoms with Crippen molar-refractivity contribution in [2.45, 2.75) is 31.9 Å². The van der Waals surface area contributed by atoms with Gasteiger partial charge in [-0.25, -0.2) is 14.4 Å². The minimum atomic E-state index is -0.927. The molecule has 2 heterocycles. The fourth-order valence-electron chi connectivity index (χ4n) is 3.80. The van der Waals surface area contributed by atoms with Crippen molar-refractivity contribution in [2.75, 3.05) is 9.96 Å². The number of nitrogens with zero attached hydrogens (tertiary/aromatic N) is 2. The molecule has 28 heavy (non-hydrogen) atoms. The van der Waals surface area contributed by atoms with Gasteiger partial charge in [-0.2, -0.15) is 0 Å². The van der Waals surface area contributed by atoms with E-state index in [2.05, 4.69) is 0 Å². The molecule has 0 bridgehead atoms. The molecule has 3 atom stereocenters. The number of amides is 2. The van der Waals surface area contributed by atoms with E-state index in [1.807, 2.05) is 6.92 Å². The van der Waals surface area contributed by atoms with Gasteiger partial charge in [0.25, 0.3) is 5.91 Å². The van der Waals surface area contributed by atoms with Crippen LogP contribution in [-0.4, -0.2) is 24.0 Å². The Morgan fingerprint density at radius 2 is 1.68 bits per heavy atom. The van der Waals surface area contributed by atoms with Crippen LogP contribution in [0.15, 0.2) is 42.5 Å². The Hall–Kier alpha value is -2.15. The average Bonchev–Trinajstić information content (AvgIpc) is 3.15. The van der Waals surface area contributed by atoms with E-state index in [1.165, 1.54) is 24.3 Å². The number of imide groups is 1. The zero-order valence-electron chi connectivity index (χ0n) is 14.9. The molecule has 146 valence electrons. The second-order valence-electron chi connectivity index (χ2n) is 6.82. The average molecular weight is 423 g/mol. The van der Waals surface area contributed by atoms with Crippen LogP contribution >= 0.6 is 23.2 Å². The van der Waals surface area contributed by atoms with Gasteiger partial charge < -0.3 is 0 Å². The van der Waals surface area contributed by atoms with Gasteiger partial charge in [0.2, 0.25) is 5.91 Å². The number of carbonyl (C=O) groups is 2. The zero-order chi connectivity index (χ0) is 20.0. The van der Waals surface area contributed by atoms with E-state index in [0.717, 1.165) is 11.3 Å². The highest BCUT2D eigenvalue weighted by Crippen LogP contribution is 2.42. The van der Waals surface area contributed by atoms with Crippen molar-refractivity contribution in [1.82, 2.24) is 0 Å². The summed E-state index contributed by atoms with van der Waals surface area (Å²) in [6, 6.07) is 9.98. The minimum absolute atomic E-state index is 0.325. The van der Waals surface area contributed by atoms with Gasteiger partial charge in [-0.05, 0) is 48.9 Å². The molecule has 0 aromatic heterocycles. The highest BCUT2D eigenvalue weighted by molar-refractivity contribution is 6.42. The first kappa shape index (κ1) is 19.2. The lowest BCUT2D eigenvalue weighted by atomic mass is 9.93. The van der Waals surface area contributed by atoms with E-state index in [1.54, 1.807) is 23.3 Å². The molecule has 8 heteroatoms. The van der Waals surface area contributed by atoms with Gasteiger partial charge in [0.15, 0.2) is 6.10 Å². The summed E-state index contributed by atoms with van der Waals surface area (Å²) in [5.74, 6) is -1.88. The molecule has 5 nitrogen and oxygen atoms in total. The summed E-state index contributed by atoms with van der Waals surface area (Å²) < 4.78 is 13.2. The number of benzene rings is 2. The van der Waals surface area contributed by atoms with Crippen LogP contribution in [0.25, 0.3) is 0 Å². The normalized spacial score (nSPS) is 24.2. The Morgan fingerprint density at radius 1 is 1.00 bits per heavy atom. The molecule has 0 aliphatic carbocycles. The molecular formula is C20H17Cl2FN2O3. The third-order valence-electron chi connectivity index (χ3n) is 5.07. The third-order valence-corrected chi connectivity index (χ3v) is 5.80. The van der Waals surface area contributed by atoms with Crippen molar-refractivity contribution in [2.24, 2.45) is 5.92 Å². The standard InChI is InChI=1S/C20H17Cl2FN2O3/c1-2-3-16-17-18(28-25(16)13-8-9-14(21)15(22)10-13)20(27)24(19(17)26)12-6-4-11(23)5-7-12/h4-10,16-18H,2-3H2,1H3. The van der Waals surface area contributed by atoms with Gasteiger partial charge in [0, 0.05) is 0 Å². The number of fused-ring (bicyclic) bond motifs is 1. The van der Waals surface area contributed by atoms with Crippen LogP contribution in [0.5, 0.6) is 0 Å². The summed E-state index contributed by atoms with van der Waals surface area (Å²) in [5.41, 5.74) is 0.974. The van der Waals surface area contributed by atoms with Crippen molar-refractivity contribution >= 4 is 46.4 Å². The molecule has 2 aromatic rings. The topological polar surface area (TPSA) is 49.9 Å².